The molecule has 4 heteroatoms. The minimum Gasteiger partial charge on any atom is -0.481 e. The Morgan fingerprint density at radius 3 is 2.67 bits per heavy atom. The lowest BCUT2D eigenvalue weighted by Crippen LogP contribution is -2.07. The highest BCUT2D eigenvalue weighted by Gasteiger charge is 2.05. The monoisotopic (exact) mass is 260 g/mol. The number of rotatable bonds is 4. The van der Waals surface area contributed by atoms with Crippen LogP contribution in [0, 0.1) is 0 Å². The third kappa shape index (κ3) is 6.44. The number of carboxylic acids is 1. The topological polar surface area (TPSA) is 37.3 Å². The first kappa shape index (κ1) is 9.55. The van der Waals surface area contributed by atoms with Crippen molar-refractivity contribution in [2.75, 3.05) is 4.43 Å². The predicted octanol–water partition coefficient (Wildman–Crippen LogP) is 1.58. The summed E-state index contributed by atoms with van der Waals surface area (Å²) in [6, 6.07) is 0. The minimum atomic E-state index is -0.764. The van der Waals surface area contributed by atoms with Crippen molar-refractivity contribution in [1.82, 2.24) is 0 Å². The van der Waals surface area contributed by atoms with E-state index in [-0.39, 0.29) is 11.7 Å². The van der Waals surface area contributed by atoms with Crippen molar-refractivity contribution >= 4 is 41.2 Å². The molecule has 1 N–H and O–H groups in total. The fraction of sp³-hybridized carbons (Fsp3) is 0.800. The maximum absolute atomic E-state index is 10.0. The largest absolute Gasteiger partial charge is 0.481 e. The number of hydrogen-bond donors (Lipinski definition) is 2. The van der Waals surface area contributed by atoms with Gasteiger partial charge in [-0.1, -0.05) is 22.6 Å². The molecular formula is C5H9IO2S. The Morgan fingerprint density at radius 2 is 2.33 bits per heavy atom. The van der Waals surface area contributed by atoms with Crippen LogP contribution in [0.2, 0.25) is 0 Å². The van der Waals surface area contributed by atoms with E-state index in [9.17, 15) is 4.79 Å². The SMILES string of the molecule is O=C(O)CC(S)CCI. The molecule has 0 aliphatic rings. The Kier molecular flexibility index (Phi) is 5.67. The van der Waals surface area contributed by atoms with Crippen molar-refractivity contribution in [3.05, 3.63) is 0 Å². The number of hydrogen-bond acceptors (Lipinski definition) is 2. The number of carbonyl (C=O) groups is 1. The van der Waals surface area contributed by atoms with Crippen LogP contribution < -0.4 is 0 Å². The van der Waals surface area contributed by atoms with Gasteiger partial charge in [0.25, 0.3) is 0 Å². The van der Waals surface area contributed by atoms with E-state index in [1.54, 1.807) is 0 Å². The summed E-state index contributed by atoms with van der Waals surface area (Å²) >= 11 is 6.27. The summed E-state index contributed by atoms with van der Waals surface area (Å²) in [5.41, 5.74) is 0. The maximum Gasteiger partial charge on any atom is 0.304 e. The fourth-order valence-corrected chi connectivity index (χ4v) is 1.96. The van der Waals surface area contributed by atoms with E-state index >= 15 is 0 Å². The lowest BCUT2D eigenvalue weighted by molar-refractivity contribution is -0.136. The molecular weight excluding hydrogens is 251 g/mol. The van der Waals surface area contributed by atoms with Crippen LogP contribution in [0.4, 0.5) is 0 Å². The van der Waals surface area contributed by atoms with Crippen LogP contribution in [-0.2, 0) is 4.79 Å². The van der Waals surface area contributed by atoms with Gasteiger partial charge in [0.15, 0.2) is 0 Å². The molecule has 0 saturated heterocycles. The van der Waals surface area contributed by atoms with Gasteiger partial charge in [-0.25, -0.2) is 0 Å². The Hall–Kier alpha value is 0.550. The molecule has 0 spiro atoms. The van der Waals surface area contributed by atoms with Gasteiger partial charge in [0.1, 0.15) is 0 Å². The molecule has 0 bridgehead atoms. The van der Waals surface area contributed by atoms with Crippen LogP contribution in [0.1, 0.15) is 12.8 Å². The maximum atomic E-state index is 10.0. The summed E-state index contributed by atoms with van der Waals surface area (Å²) in [5.74, 6) is -0.764. The average molecular weight is 260 g/mol. The first-order valence-electron chi connectivity index (χ1n) is 2.62. The van der Waals surface area contributed by atoms with Crippen molar-refractivity contribution in [2.45, 2.75) is 18.1 Å². The molecule has 0 heterocycles. The summed E-state index contributed by atoms with van der Waals surface area (Å²) in [7, 11) is 0. The Morgan fingerprint density at radius 1 is 1.78 bits per heavy atom. The van der Waals surface area contributed by atoms with Gasteiger partial charge in [-0.3, -0.25) is 4.79 Å². The third-order valence-electron chi connectivity index (χ3n) is 0.853. The molecule has 9 heavy (non-hydrogen) atoms. The zero-order chi connectivity index (χ0) is 7.28. The zero-order valence-electron chi connectivity index (χ0n) is 4.88. The molecule has 0 aliphatic heterocycles. The number of halogens is 1. The van der Waals surface area contributed by atoms with Gasteiger partial charge in [0, 0.05) is 9.68 Å². The minimum absolute atomic E-state index is 0.0272. The van der Waals surface area contributed by atoms with Crippen LogP contribution >= 0.6 is 35.2 Å². The Bertz CT molecular complexity index is 97.0. The van der Waals surface area contributed by atoms with E-state index in [2.05, 4.69) is 35.2 Å². The van der Waals surface area contributed by atoms with Crippen LogP contribution in [0.15, 0.2) is 0 Å². The molecule has 0 aromatic rings. The van der Waals surface area contributed by atoms with Crippen LogP contribution in [-0.4, -0.2) is 20.8 Å². The fourth-order valence-electron chi connectivity index (χ4n) is 0.430. The summed E-state index contributed by atoms with van der Waals surface area (Å²) in [6.45, 7) is 0. The quantitative estimate of drug-likeness (QED) is 0.457. The molecule has 0 aromatic carbocycles. The van der Waals surface area contributed by atoms with Crippen molar-refractivity contribution in [3.8, 4) is 0 Å². The highest BCUT2D eigenvalue weighted by atomic mass is 127. The van der Waals surface area contributed by atoms with Gasteiger partial charge < -0.3 is 5.11 Å². The molecule has 54 valence electrons. The van der Waals surface area contributed by atoms with Crippen molar-refractivity contribution in [3.63, 3.8) is 0 Å². The standard InChI is InChI=1S/C5H9IO2S/c6-2-1-4(9)3-5(7)8/h4,9H,1-3H2,(H,7,8). The molecule has 0 amide bonds. The molecule has 1 unspecified atom stereocenters. The van der Waals surface area contributed by atoms with Gasteiger partial charge in [-0.05, 0) is 6.42 Å². The molecule has 0 aliphatic carbocycles. The molecule has 0 aromatic heterocycles. The highest BCUT2D eigenvalue weighted by Crippen LogP contribution is 2.07. The second kappa shape index (κ2) is 5.34. The smallest absolute Gasteiger partial charge is 0.304 e. The van der Waals surface area contributed by atoms with Gasteiger partial charge in [-0.2, -0.15) is 12.6 Å². The summed E-state index contributed by atoms with van der Waals surface area (Å²) in [6.07, 6.45) is 1.04. The second-order valence-electron chi connectivity index (χ2n) is 1.73. The number of carboxylic acid groups (broad SMARTS) is 1. The van der Waals surface area contributed by atoms with E-state index in [0.717, 1.165) is 10.8 Å². The lowest BCUT2D eigenvalue weighted by Gasteiger charge is -2.02. The number of aliphatic carboxylic acids is 1. The molecule has 2 nitrogen and oxygen atoms in total. The third-order valence-corrected chi connectivity index (χ3v) is 1.92. The van der Waals surface area contributed by atoms with E-state index in [1.165, 1.54) is 0 Å². The summed E-state index contributed by atoms with van der Waals surface area (Å²) in [5, 5.41) is 8.29. The highest BCUT2D eigenvalue weighted by molar-refractivity contribution is 14.1. The van der Waals surface area contributed by atoms with Crippen LogP contribution in [0.25, 0.3) is 0 Å². The molecule has 1 atom stereocenters. The van der Waals surface area contributed by atoms with E-state index in [4.69, 9.17) is 5.11 Å². The van der Waals surface area contributed by atoms with Crippen molar-refractivity contribution < 1.29 is 9.90 Å². The number of alkyl halides is 1. The van der Waals surface area contributed by atoms with Crippen molar-refractivity contribution in [1.29, 1.82) is 0 Å². The Balaban J connectivity index is 3.26. The Labute approximate surface area is 73.6 Å². The van der Waals surface area contributed by atoms with Gasteiger partial charge in [0.2, 0.25) is 0 Å². The molecule has 0 fully saturated rings. The first-order chi connectivity index (χ1) is 4.16. The van der Waals surface area contributed by atoms with Gasteiger partial charge in [0.05, 0.1) is 6.42 Å². The van der Waals surface area contributed by atoms with Crippen LogP contribution in [0.3, 0.4) is 0 Å². The molecule has 0 rings (SSSR count). The van der Waals surface area contributed by atoms with E-state index < -0.39 is 5.97 Å². The van der Waals surface area contributed by atoms with Crippen molar-refractivity contribution in [2.24, 2.45) is 0 Å². The normalized spacial score (nSPS) is 13.1. The summed E-state index contributed by atoms with van der Waals surface area (Å²) in [4.78, 5) is 10.0. The lowest BCUT2D eigenvalue weighted by atomic mass is 10.2. The zero-order valence-corrected chi connectivity index (χ0v) is 7.93. The predicted molar refractivity (Wildman–Crippen MR) is 48.5 cm³/mol. The first-order valence-corrected chi connectivity index (χ1v) is 4.67. The van der Waals surface area contributed by atoms with Crippen LogP contribution in [0.5, 0.6) is 0 Å². The van der Waals surface area contributed by atoms with E-state index in [0.29, 0.717) is 0 Å². The summed E-state index contributed by atoms with van der Waals surface area (Å²) < 4.78 is 0.971. The number of thiol groups is 1. The second-order valence-corrected chi connectivity index (χ2v) is 3.54. The average Bonchev–Trinajstić information content (AvgIpc) is 1.63. The van der Waals surface area contributed by atoms with Gasteiger partial charge >= 0.3 is 5.97 Å². The van der Waals surface area contributed by atoms with Gasteiger partial charge in [-0.15, -0.1) is 0 Å². The molecule has 0 radical (unpaired) electrons. The van der Waals surface area contributed by atoms with E-state index in [1.807, 2.05) is 0 Å². The molecule has 0 saturated carbocycles.